The van der Waals surface area contributed by atoms with Crippen LogP contribution < -0.4 is 5.32 Å². The van der Waals surface area contributed by atoms with Crippen molar-refractivity contribution >= 4 is 16.8 Å². The van der Waals surface area contributed by atoms with Gasteiger partial charge in [0.2, 0.25) is 0 Å². The van der Waals surface area contributed by atoms with E-state index in [0.29, 0.717) is 43.9 Å². The zero-order valence-electron chi connectivity index (χ0n) is 24.1. The Morgan fingerprint density at radius 3 is 2.81 bits per heavy atom. The van der Waals surface area contributed by atoms with Gasteiger partial charge in [-0.3, -0.25) is 4.79 Å². The van der Waals surface area contributed by atoms with Gasteiger partial charge in [0.25, 0.3) is 5.91 Å². The number of carbonyl (C=O) groups is 1. The maximum absolute atomic E-state index is 14.3. The first-order chi connectivity index (χ1) is 20.5. The minimum atomic E-state index is -1.03. The summed E-state index contributed by atoms with van der Waals surface area (Å²) in [5, 5.41) is 25.7. The van der Waals surface area contributed by atoms with Crippen LogP contribution in [0.2, 0.25) is 0 Å². The summed E-state index contributed by atoms with van der Waals surface area (Å²) >= 11 is 0. The number of aliphatic hydroxyl groups is 1. The molecule has 2 aromatic heterocycles. The van der Waals surface area contributed by atoms with Crippen LogP contribution in [-0.2, 0) is 11.3 Å². The van der Waals surface area contributed by atoms with Gasteiger partial charge in [0, 0.05) is 62.0 Å². The first-order valence-corrected chi connectivity index (χ1v) is 14.9. The van der Waals surface area contributed by atoms with Gasteiger partial charge < -0.3 is 29.2 Å². The van der Waals surface area contributed by atoms with Crippen molar-refractivity contribution in [2.45, 2.75) is 56.3 Å². The molecule has 1 saturated carbocycles. The zero-order valence-corrected chi connectivity index (χ0v) is 24.1. The summed E-state index contributed by atoms with van der Waals surface area (Å²) in [6, 6.07) is 19.9. The van der Waals surface area contributed by atoms with Gasteiger partial charge in [0.1, 0.15) is 11.7 Å². The molecule has 2 fully saturated rings. The highest BCUT2D eigenvalue weighted by Gasteiger charge is 2.42. The van der Waals surface area contributed by atoms with Crippen molar-refractivity contribution < 1.29 is 14.6 Å². The van der Waals surface area contributed by atoms with E-state index in [1.807, 2.05) is 70.3 Å². The summed E-state index contributed by atoms with van der Waals surface area (Å²) in [7, 11) is 1.62. The van der Waals surface area contributed by atoms with Crippen molar-refractivity contribution in [2.24, 2.45) is 0 Å². The third-order valence-electron chi connectivity index (χ3n) is 8.95. The highest BCUT2D eigenvalue weighted by Crippen LogP contribution is 2.41. The summed E-state index contributed by atoms with van der Waals surface area (Å²) in [5.74, 6) is -0.0970. The Labute approximate surface area is 246 Å². The normalized spacial score (nSPS) is 22.7. The van der Waals surface area contributed by atoms with Crippen molar-refractivity contribution in [3.63, 3.8) is 0 Å². The van der Waals surface area contributed by atoms with E-state index >= 15 is 0 Å². The van der Waals surface area contributed by atoms with Gasteiger partial charge in [-0.05, 0) is 25.3 Å². The van der Waals surface area contributed by atoms with E-state index < -0.39 is 5.60 Å². The standard InChI is InChI=1S/C33H38N6O3/c1-42-22-33(41)15-8-7-13-29(33)39-23-36-30(31(39)24-9-3-2-4-10-24)32(40)38-18-16-35-20-26(38)14-17-37-21-25(19-34)27-11-5-6-12-28(27)37/h2-6,9-12,21,23,26,29,35,41H,7-8,13-18,20,22H2,1H3/t26-,29-,33-/m1/s1. The second kappa shape index (κ2) is 12.1. The predicted molar refractivity (Wildman–Crippen MR) is 161 cm³/mol. The molecule has 3 atom stereocenters. The number of fused-ring (bicyclic) bond motifs is 1. The number of carbonyl (C=O) groups excluding carboxylic acids is 1. The number of amides is 1. The highest BCUT2D eigenvalue weighted by molar-refractivity contribution is 5.98. The van der Waals surface area contributed by atoms with Gasteiger partial charge in [0.05, 0.1) is 30.2 Å². The Morgan fingerprint density at radius 1 is 1.19 bits per heavy atom. The molecule has 218 valence electrons. The average molecular weight is 567 g/mol. The third-order valence-corrected chi connectivity index (χ3v) is 8.95. The van der Waals surface area contributed by atoms with Crippen LogP contribution in [0.1, 0.15) is 54.2 Å². The van der Waals surface area contributed by atoms with Crippen LogP contribution in [0.3, 0.4) is 0 Å². The summed E-state index contributed by atoms with van der Waals surface area (Å²) in [4.78, 5) is 21.0. The predicted octanol–water partition coefficient (Wildman–Crippen LogP) is 4.37. The maximum Gasteiger partial charge on any atom is 0.275 e. The lowest BCUT2D eigenvalue weighted by atomic mass is 9.80. The summed E-state index contributed by atoms with van der Waals surface area (Å²) in [6.45, 7) is 2.90. The molecule has 9 heteroatoms. The number of nitrogens with zero attached hydrogens (tertiary/aromatic N) is 5. The lowest BCUT2D eigenvalue weighted by Crippen LogP contribution is -2.54. The Hall–Kier alpha value is -3.97. The molecule has 1 saturated heterocycles. The highest BCUT2D eigenvalue weighted by atomic mass is 16.5. The quantitative estimate of drug-likeness (QED) is 0.328. The molecule has 2 aromatic carbocycles. The summed E-state index contributed by atoms with van der Waals surface area (Å²) in [6.07, 6.45) is 7.74. The number of hydrogen-bond acceptors (Lipinski definition) is 6. The molecule has 0 unspecified atom stereocenters. The molecule has 42 heavy (non-hydrogen) atoms. The SMILES string of the molecule is COC[C@]1(O)CCCC[C@H]1n1cnc(C(=O)N2CCNC[C@H]2CCn2cc(C#N)c3ccccc32)c1-c1ccccc1. The van der Waals surface area contributed by atoms with E-state index in [-0.39, 0.29) is 24.6 Å². The fraction of sp³-hybridized carbons (Fsp3) is 0.424. The number of rotatable bonds is 8. The maximum atomic E-state index is 14.3. The molecular formula is C33H38N6O3. The molecule has 0 bridgehead atoms. The second-order valence-electron chi connectivity index (χ2n) is 11.5. The van der Waals surface area contributed by atoms with Gasteiger partial charge in [-0.15, -0.1) is 0 Å². The number of nitriles is 1. The van der Waals surface area contributed by atoms with Crippen molar-refractivity contribution in [3.05, 3.63) is 78.4 Å². The van der Waals surface area contributed by atoms with E-state index in [0.717, 1.165) is 47.8 Å². The van der Waals surface area contributed by atoms with Crippen LogP contribution in [-0.4, -0.2) is 75.0 Å². The molecule has 1 amide bonds. The number of benzene rings is 2. The van der Waals surface area contributed by atoms with E-state index in [2.05, 4.69) is 16.0 Å². The molecule has 0 radical (unpaired) electrons. The fourth-order valence-electron chi connectivity index (χ4n) is 6.89. The third kappa shape index (κ3) is 5.22. The second-order valence-corrected chi connectivity index (χ2v) is 11.5. The molecule has 2 aliphatic rings. The summed E-state index contributed by atoms with van der Waals surface area (Å²) < 4.78 is 9.60. The van der Waals surface area contributed by atoms with E-state index in [4.69, 9.17) is 9.72 Å². The average Bonchev–Trinajstić information content (AvgIpc) is 3.62. The van der Waals surface area contributed by atoms with E-state index in [1.165, 1.54) is 0 Å². The molecule has 3 heterocycles. The fourth-order valence-corrected chi connectivity index (χ4v) is 6.89. The van der Waals surface area contributed by atoms with Crippen LogP contribution in [0, 0.1) is 11.3 Å². The van der Waals surface area contributed by atoms with Crippen molar-refractivity contribution in [2.75, 3.05) is 33.4 Å². The molecule has 9 nitrogen and oxygen atoms in total. The van der Waals surface area contributed by atoms with Crippen LogP contribution in [0.5, 0.6) is 0 Å². The molecule has 1 aliphatic carbocycles. The minimum absolute atomic E-state index is 0.0353. The molecule has 0 spiro atoms. The van der Waals surface area contributed by atoms with Gasteiger partial charge in [-0.25, -0.2) is 4.98 Å². The number of methoxy groups -OCH3 is 1. The number of aryl methyl sites for hydroxylation is 1. The van der Waals surface area contributed by atoms with Crippen molar-refractivity contribution in [1.29, 1.82) is 5.26 Å². The number of nitrogens with one attached hydrogen (secondary N) is 1. The number of ether oxygens (including phenoxy) is 1. The first kappa shape index (κ1) is 28.2. The zero-order chi connectivity index (χ0) is 29.1. The van der Waals surface area contributed by atoms with Crippen LogP contribution >= 0.6 is 0 Å². The van der Waals surface area contributed by atoms with E-state index in [9.17, 15) is 15.2 Å². The number of aromatic nitrogens is 3. The smallest absolute Gasteiger partial charge is 0.275 e. The Balaban J connectivity index is 1.32. The monoisotopic (exact) mass is 566 g/mol. The van der Waals surface area contributed by atoms with Gasteiger partial charge >= 0.3 is 0 Å². The number of para-hydroxylation sites is 1. The Kier molecular flexibility index (Phi) is 8.11. The van der Waals surface area contributed by atoms with Crippen LogP contribution in [0.25, 0.3) is 22.2 Å². The molecule has 1 aliphatic heterocycles. The molecule has 6 rings (SSSR count). The van der Waals surface area contributed by atoms with Crippen molar-refractivity contribution in [3.8, 4) is 17.3 Å². The first-order valence-electron chi connectivity index (χ1n) is 14.9. The number of piperazine rings is 1. The molecular weight excluding hydrogens is 528 g/mol. The largest absolute Gasteiger partial charge is 0.385 e. The van der Waals surface area contributed by atoms with E-state index in [1.54, 1.807) is 13.4 Å². The summed E-state index contributed by atoms with van der Waals surface area (Å²) in [5.41, 5.74) is 2.72. The molecule has 4 aromatic rings. The Bertz CT molecular complexity index is 1580. The topological polar surface area (TPSA) is 108 Å². The van der Waals surface area contributed by atoms with Crippen molar-refractivity contribution in [1.82, 2.24) is 24.3 Å². The van der Waals surface area contributed by atoms with Crippen LogP contribution in [0.4, 0.5) is 0 Å². The number of imidazole rings is 1. The van der Waals surface area contributed by atoms with Gasteiger partial charge in [0.15, 0.2) is 5.69 Å². The minimum Gasteiger partial charge on any atom is -0.385 e. The Morgan fingerprint density at radius 2 is 2.00 bits per heavy atom. The van der Waals surface area contributed by atoms with Crippen LogP contribution in [0.15, 0.2) is 67.1 Å². The lowest BCUT2D eigenvalue weighted by Gasteiger charge is -2.41. The van der Waals surface area contributed by atoms with Gasteiger partial charge in [-0.2, -0.15) is 5.26 Å². The lowest BCUT2D eigenvalue weighted by molar-refractivity contribution is -0.0893. The number of hydrogen-bond donors (Lipinski definition) is 2. The molecule has 2 N–H and O–H groups in total. The van der Waals surface area contributed by atoms with Gasteiger partial charge in [-0.1, -0.05) is 61.4 Å².